The van der Waals surface area contributed by atoms with E-state index in [4.69, 9.17) is 4.74 Å². The second-order valence-corrected chi connectivity index (χ2v) is 9.13. The summed E-state index contributed by atoms with van der Waals surface area (Å²) in [4.78, 5) is 22.7. The predicted molar refractivity (Wildman–Crippen MR) is 100 cm³/mol. The molecule has 0 amide bonds. The number of carbonyl (C=O) groups excluding carboxylic acids is 1. The summed E-state index contributed by atoms with van der Waals surface area (Å²) in [6.07, 6.45) is 0. The Bertz CT molecular complexity index is 1020. The van der Waals surface area contributed by atoms with Crippen molar-refractivity contribution in [2.45, 2.75) is 31.3 Å². The van der Waals surface area contributed by atoms with Crippen LogP contribution in [0.25, 0.3) is 0 Å². The summed E-state index contributed by atoms with van der Waals surface area (Å²) in [5.74, 6) is -3.64. The molecule has 0 aliphatic carbocycles. The maximum atomic E-state index is 14.4. The monoisotopic (exact) mass is 431 g/mol. The summed E-state index contributed by atoms with van der Waals surface area (Å²) >= 11 is 0.838. The predicted octanol–water partition coefficient (Wildman–Crippen LogP) is 3.35. The number of sulfonamides is 1. The molecule has 0 unspecified atom stereocenters. The van der Waals surface area contributed by atoms with E-state index < -0.39 is 49.5 Å². The molecule has 0 atom stereocenters. The molecule has 0 saturated carbocycles. The van der Waals surface area contributed by atoms with Gasteiger partial charge in [0.2, 0.25) is 0 Å². The summed E-state index contributed by atoms with van der Waals surface area (Å²) in [5, 5.41) is 10.8. The molecule has 8 nitrogen and oxygen atoms in total. The van der Waals surface area contributed by atoms with Crippen molar-refractivity contribution in [3.8, 4) is 5.75 Å². The molecular formula is C17H18FNO7S2. The molecule has 2 rings (SSSR count). The van der Waals surface area contributed by atoms with Gasteiger partial charge in [0.05, 0.1) is 18.4 Å². The number of esters is 1. The van der Waals surface area contributed by atoms with Gasteiger partial charge in [-0.2, -0.15) is 0 Å². The smallest absolute Gasteiger partial charge is 0.349 e. The molecule has 28 heavy (non-hydrogen) atoms. The minimum Gasteiger partial charge on any atom is -0.485 e. The number of rotatable bonds is 6. The summed E-state index contributed by atoms with van der Waals surface area (Å²) in [7, 11) is -3.29. The van der Waals surface area contributed by atoms with Crippen LogP contribution in [0.5, 0.6) is 5.75 Å². The first-order chi connectivity index (χ1) is 12.9. The van der Waals surface area contributed by atoms with Gasteiger partial charge >= 0.3 is 11.9 Å². The quantitative estimate of drug-likeness (QED) is 0.673. The Morgan fingerprint density at radius 3 is 2.43 bits per heavy atom. The number of methoxy groups -OCH3 is 1. The van der Waals surface area contributed by atoms with Gasteiger partial charge in [-0.1, -0.05) is 0 Å². The molecule has 0 fully saturated rings. The number of carbonyl (C=O) groups is 2. The minimum absolute atomic E-state index is 0.194. The molecule has 0 bridgehead atoms. The van der Waals surface area contributed by atoms with Gasteiger partial charge in [-0.3, -0.25) is 4.72 Å². The molecular weight excluding hydrogens is 413 g/mol. The van der Waals surface area contributed by atoms with Gasteiger partial charge in [0.1, 0.15) is 15.4 Å². The summed E-state index contributed by atoms with van der Waals surface area (Å²) in [6, 6.07) is 2.77. The Morgan fingerprint density at radius 1 is 1.25 bits per heavy atom. The number of aromatic carboxylic acids is 1. The van der Waals surface area contributed by atoms with Gasteiger partial charge in [0.15, 0.2) is 11.6 Å². The van der Waals surface area contributed by atoms with Gasteiger partial charge in [-0.05, 0) is 38.3 Å². The second-order valence-electron chi connectivity index (χ2n) is 6.56. The van der Waals surface area contributed by atoms with Crippen molar-refractivity contribution in [3.05, 3.63) is 39.8 Å². The maximum absolute atomic E-state index is 14.4. The van der Waals surface area contributed by atoms with Gasteiger partial charge < -0.3 is 14.6 Å². The number of hydrogen-bond acceptors (Lipinski definition) is 7. The molecule has 2 N–H and O–H groups in total. The zero-order valence-corrected chi connectivity index (χ0v) is 17.0. The van der Waals surface area contributed by atoms with Crippen LogP contribution in [0.1, 0.15) is 40.8 Å². The normalized spacial score (nSPS) is 11.8. The third-order valence-electron chi connectivity index (χ3n) is 3.25. The van der Waals surface area contributed by atoms with Crippen LogP contribution in [0.15, 0.2) is 28.5 Å². The van der Waals surface area contributed by atoms with E-state index in [1.807, 2.05) is 4.72 Å². The van der Waals surface area contributed by atoms with E-state index >= 15 is 0 Å². The highest BCUT2D eigenvalue weighted by atomic mass is 32.2. The molecule has 0 saturated heterocycles. The van der Waals surface area contributed by atoms with Crippen LogP contribution < -0.4 is 9.46 Å². The largest absolute Gasteiger partial charge is 0.485 e. The number of nitrogens with one attached hydrogen (secondary N) is 1. The number of carboxylic acid groups (broad SMARTS) is 1. The van der Waals surface area contributed by atoms with E-state index in [1.54, 1.807) is 20.8 Å². The molecule has 2 aromatic rings. The second kappa shape index (κ2) is 7.76. The van der Waals surface area contributed by atoms with Crippen LogP contribution in [0.4, 0.5) is 10.1 Å². The van der Waals surface area contributed by atoms with Crippen LogP contribution in [-0.2, 0) is 14.8 Å². The van der Waals surface area contributed by atoms with Crippen LogP contribution in [0, 0.1) is 5.82 Å². The van der Waals surface area contributed by atoms with Gasteiger partial charge in [-0.25, -0.2) is 22.4 Å². The SMILES string of the molecule is COC(=O)c1sccc1S(=O)(=O)Nc1cc(F)c(OC(C)(C)C)cc1C(=O)O. The lowest BCUT2D eigenvalue weighted by atomic mass is 10.1. The molecule has 0 spiro atoms. The van der Waals surface area contributed by atoms with E-state index in [2.05, 4.69) is 4.74 Å². The number of halogens is 1. The molecule has 0 radical (unpaired) electrons. The Morgan fingerprint density at radius 2 is 1.89 bits per heavy atom. The first kappa shape index (κ1) is 21.6. The van der Waals surface area contributed by atoms with Crippen LogP contribution in [0.2, 0.25) is 0 Å². The lowest BCUT2D eigenvalue weighted by Crippen LogP contribution is -2.24. The summed E-state index contributed by atoms with van der Waals surface area (Å²) < 4.78 is 51.6. The molecule has 1 heterocycles. The molecule has 152 valence electrons. The van der Waals surface area contributed by atoms with Crippen LogP contribution in [-0.4, -0.2) is 38.2 Å². The van der Waals surface area contributed by atoms with Crippen molar-refractivity contribution in [2.24, 2.45) is 0 Å². The van der Waals surface area contributed by atoms with E-state index in [-0.39, 0.29) is 10.6 Å². The average molecular weight is 431 g/mol. The Kier molecular flexibility index (Phi) is 6.00. The first-order valence-electron chi connectivity index (χ1n) is 7.80. The fraction of sp³-hybridized carbons (Fsp3) is 0.294. The highest BCUT2D eigenvalue weighted by Gasteiger charge is 2.28. The Hall–Kier alpha value is -2.66. The fourth-order valence-electron chi connectivity index (χ4n) is 2.17. The van der Waals surface area contributed by atoms with Gasteiger partial charge in [-0.15, -0.1) is 11.3 Å². The third kappa shape index (κ3) is 4.78. The third-order valence-corrected chi connectivity index (χ3v) is 5.68. The highest BCUT2D eigenvalue weighted by molar-refractivity contribution is 7.93. The Labute approximate surface area is 165 Å². The molecule has 1 aromatic carbocycles. The van der Waals surface area contributed by atoms with Crippen molar-refractivity contribution in [1.82, 2.24) is 0 Å². The lowest BCUT2D eigenvalue weighted by molar-refractivity contribution is 0.0601. The summed E-state index contributed by atoms with van der Waals surface area (Å²) in [5.41, 5.74) is -1.82. The lowest BCUT2D eigenvalue weighted by Gasteiger charge is -2.22. The first-order valence-corrected chi connectivity index (χ1v) is 10.2. The van der Waals surface area contributed by atoms with Crippen molar-refractivity contribution in [2.75, 3.05) is 11.8 Å². The van der Waals surface area contributed by atoms with Gasteiger partial charge in [0.25, 0.3) is 10.0 Å². The van der Waals surface area contributed by atoms with Crippen molar-refractivity contribution in [1.29, 1.82) is 0 Å². The van der Waals surface area contributed by atoms with Crippen LogP contribution >= 0.6 is 11.3 Å². The standard InChI is InChI=1S/C17H18FNO7S2/c1-17(2,3)26-12-7-9(15(20)21)11(8-10(12)18)19-28(23,24)13-5-6-27-14(13)16(22)25-4/h5-8,19H,1-4H3,(H,20,21). The fourth-order valence-corrected chi connectivity index (χ4v) is 4.58. The summed E-state index contributed by atoms with van der Waals surface area (Å²) in [6.45, 7) is 4.94. The number of carboxylic acids is 1. The molecule has 11 heteroatoms. The van der Waals surface area contributed by atoms with Crippen molar-refractivity contribution < 1.29 is 37.0 Å². The zero-order chi connectivity index (χ0) is 21.3. The number of hydrogen-bond donors (Lipinski definition) is 2. The minimum atomic E-state index is -4.39. The van der Waals surface area contributed by atoms with E-state index in [0.29, 0.717) is 6.07 Å². The Balaban J connectivity index is 2.51. The van der Waals surface area contributed by atoms with E-state index in [0.717, 1.165) is 30.6 Å². The zero-order valence-electron chi connectivity index (χ0n) is 15.4. The number of anilines is 1. The van der Waals surface area contributed by atoms with E-state index in [1.165, 1.54) is 5.38 Å². The molecule has 0 aliphatic rings. The van der Waals surface area contributed by atoms with Gasteiger partial charge in [0, 0.05) is 6.07 Å². The van der Waals surface area contributed by atoms with Crippen molar-refractivity contribution >= 4 is 39.0 Å². The molecule has 0 aliphatic heterocycles. The average Bonchev–Trinajstić information content (AvgIpc) is 3.05. The van der Waals surface area contributed by atoms with Crippen molar-refractivity contribution in [3.63, 3.8) is 0 Å². The topological polar surface area (TPSA) is 119 Å². The highest BCUT2D eigenvalue weighted by Crippen LogP contribution is 2.31. The maximum Gasteiger partial charge on any atom is 0.349 e. The number of ether oxygens (including phenoxy) is 2. The van der Waals surface area contributed by atoms with Crippen LogP contribution in [0.3, 0.4) is 0 Å². The number of benzene rings is 1. The number of thiophene rings is 1. The van der Waals surface area contributed by atoms with E-state index in [9.17, 15) is 27.5 Å². The molecule has 1 aromatic heterocycles.